The van der Waals surface area contributed by atoms with Crippen molar-refractivity contribution in [2.45, 2.75) is 12.5 Å². The first-order chi connectivity index (χ1) is 4.18. The Morgan fingerprint density at radius 1 is 1.67 bits per heavy atom. The van der Waals surface area contributed by atoms with Gasteiger partial charge in [0.25, 0.3) is 0 Å². The maximum atomic E-state index is 8.77. The summed E-state index contributed by atoms with van der Waals surface area (Å²) in [4.78, 5) is 0. The second kappa shape index (κ2) is 3.82. The van der Waals surface area contributed by atoms with Gasteiger partial charge in [-0.2, -0.15) is 0 Å². The van der Waals surface area contributed by atoms with E-state index in [-0.39, 0.29) is 12.1 Å². The monoisotopic (exact) mass is 133 g/mol. The molecule has 0 aromatic heterocycles. The van der Waals surface area contributed by atoms with Gasteiger partial charge in [-0.15, -0.1) is 0 Å². The zero-order chi connectivity index (χ0) is 7.33. The Morgan fingerprint density at radius 3 is 2.33 bits per heavy atom. The van der Waals surface area contributed by atoms with Gasteiger partial charge < -0.3 is 15.2 Å². The molecule has 56 valence electrons. The van der Waals surface area contributed by atoms with Crippen LogP contribution >= 0.6 is 0 Å². The highest BCUT2D eigenvalue weighted by Crippen LogP contribution is 1.99. The molecule has 0 spiro atoms. The van der Waals surface area contributed by atoms with Crippen LogP contribution in [0, 0.1) is 0 Å². The number of aliphatic hydroxyl groups is 1. The first kappa shape index (κ1) is 8.88. The summed E-state index contributed by atoms with van der Waals surface area (Å²) in [5, 5.41) is 11.7. The van der Waals surface area contributed by atoms with Gasteiger partial charge in [0.1, 0.15) is 0 Å². The SMILES string of the molecule is CN[C@@](C)(CO)COC. The highest BCUT2D eigenvalue weighted by molar-refractivity contribution is 4.79. The average molecular weight is 133 g/mol. The fraction of sp³-hybridized carbons (Fsp3) is 1.00. The Morgan fingerprint density at radius 2 is 2.22 bits per heavy atom. The Labute approximate surface area is 56.0 Å². The lowest BCUT2D eigenvalue weighted by Crippen LogP contribution is -2.47. The molecule has 9 heavy (non-hydrogen) atoms. The summed E-state index contributed by atoms with van der Waals surface area (Å²) in [6.45, 7) is 2.52. The Bertz CT molecular complexity index is 71.5. The minimum atomic E-state index is -0.283. The minimum absolute atomic E-state index is 0.0946. The van der Waals surface area contributed by atoms with Crippen LogP contribution < -0.4 is 5.32 Å². The van der Waals surface area contributed by atoms with E-state index in [1.54, 1.807) is 14.2 Å². The zero-order valence-corrected chi connectivity index (χ0v) is 6.27. The van der Waals surface area contributed by atoms with Crippen LogP contribution in [-0.4, -0.2) is 38.0 Å². The molecule has 0 bridgehead atoms. The van der Waals surface area contributed by atoms with Crippen molar-refractivity contribution in [2.24, 2.45) is 0 Å². The predicted molar refractivity (Wildman–Crippen MR) is 36.4 cm³/mol. The first-order valence-electron chi connectivity index (χ1n) is 2.97. The van der Waals surface area contributed by atoms with Crippen LogP contribution in [0.15, 0.2) is 0 Å². The maximum absolute atomic E-state index is 8.77. The normalized spacial score (nSPS) is 17.3. The molecule has 0 saturated heterocycles. The van der Waals surface area contributed by atoms with E-state index < -0.39 is 0 Å². The molecule has 0 heterocycles. The number of methoxy groups -OCH3 is 1. The third-order valence-electron chi connectivity index (χ3n) is 1.42. The molecule has 1 atom stereocenters. The number of likely N-dealkylation sites (N-methyl/N-ethyl adjacent to an activating group) is 1. The van der Waals surface area contributed by atoms with Crippen LogP contribution in [0.2, 0.25) is 0 Å². The molecule has 0 saturated carbocycles. The van der Waals surface area contributed by atoms with E-state index in [9.17, 15) is 0 Å². The van der Waals surface area contributed by atoms with Gasteiger partial charge in [-0.25, -0.2) is 0 Å². The number of hydrogen-bond acceptors (Lipinski definition) is 3. The lowest BCUT2D eigenvalue weighted by atomic mass is 10.1. The number of nitrogens with one attached hydrogen (secondary N) is 1. The van der Waals surface area contributed by atoms with E-state index in [4.69, 9.17) is 9.84 Å². The van der Waals surface area contributed by atoms with Gasteiger partial charge >= 0.3 is 0 Å². The minimum Gasteiger partial charge on any atom is -0.394 e. The van der Waals surface area contributed by atoms with Gasteiger partial charge in [0.2, 0.25) is 0 Å². The maximum Gasteiger partial charge on any atom is 0.0664 e. The van der Waals surface area contributed by atoms with Crippen LogP contribution in [-0.2, 0) is 4.74 Å². The first-order valence-corrected chi connectivity index (χ1v) is 2.97. The fourth-order valence-electron chi connectivity index (χ4n) is 0.515. The predicted octanol–water partition coefficient (Wildman–Crippen LogP) is -0.397. The molecule has 3 nitrogen and oxygen atoms in total. The summed E-state index contributed by atoms with van der Waals surface area (Å²) in [6, 6.07) is 0. The molecule has 0 aliphatic carbocycles. The molecule has 0 aliphatic heterocycles. The topological polar surface area (TPSA) is 41.5 Å². The van der Waals surface area contributed by atoms with Crippen molar-refractivity contribution in [3.05, 3.63) is 0 Å². The Kier molecular flexibility index (Phi) is 3.77. The Balaban J connectivity index is 3.62. The van der Waals surface area contributed by atoms with Crippen molar-refractivity contribution in [1.29, 1.82) is 0 Å². The molecule has 0 amide bonds. The Hall–Kier alpha value is -0.120. The van der Waals surface area contributed by atoms with E-state index in [2.05, 4.69) is 5.32 Å². The van der Waals surface area contributed by atoms with Crippen LogP contribution in [0.5, 0.6) is 0 Å². The van der Waals surface area contributed by atoms with Crippen molar-refractivity contribution in [1.82, 2.24) is 5.32 Å². The van der Waals surface area contributed by atoms with Crippen LogP contribution in [0.3, 0.4) is 0 Å². The van der Waals surface area contributed by atoms with Crippen molar-refractivity contribution in [2.75, 3.05) is 27.4 Å². The van der Waals surface area contributed by atoms with Gasteiger partial charge in [-0.1, -0.05) is 0 Å². The molecule has 2 N–H and O–H groups in total. The lowest BCUT2D eigenvalue weighted by molar-refractivity contribution is 0.0784. The van der Waals surface area contributed by atoms with Gasteiger partial charge in [0, 0.05) is 7.11 Å². The second-order valence-corrected chi connectivity index (χ2v) is 2.40. The molecular formula is C6H15NO2. The molecule has 0 rings (SSSR count). The third-order valence-corrected chi connectivity index (χ3v) is 1.42. The standard InChI is InChI=1S/C6H15NO2/c1-6(4-8,7-2)5-9-3/h7-8H,4-5H2,1-3H3/t6-/m0/s1. The van der Waals surface area contributed by atoms with Gasteiger partial charge in [-0.3, -0.25) is 0 Å². The summed E-state index contributed by atoms with van der Waals surface area (Å²) in [5.74, 6) is 0. The summed E-state index contributed by atoms with van der Waals surface area (Å²) in [5.41, 5.74) is -0.283. The van der Waals surface area contributed by atoms with E-state index in [1.807, 2.05) is 6.92 Å². The van der Waals surface area contributed by atoms with E-state index in [0.717, 1.165) is 0 Å². The van der Waals surface area contributed by atoms with Gasteiger partial charge in [0.15, 0.2) is 0 Å². The van der Waals surface area contributed by atoms with Crippen LogP contribution in [0.4, 0.5) is 0 Å². The molecule has 0 aromatic rings. The molecular weight excluding hydrogens is 118 g/mol. The molecule has 0 radical (unpaired) electrons. The van der Waals surface area contributed by atoms with E-state index >= 15 is 0 Å². The zero-order valence-electron chi connectivity index (χ0n) is 6.27. The third kappa shape index (κ3) is 2.79. The fourth-order valence-corrected chi connectivity index (χ4v) is 0.515. The van der Waals surface area contributed by atoms with Crippen molar-refractivity contribution in [3.63, 3.8) is 0 Å². The number of ether oxygens (including phenoxy) is 1. The van der Waals surface area contributed by atoms with E-state index in [0.29, 0.717) is 6.61 Å². The smallest absolute Gasteiger partial charge is 0.0664 e. The van der Waals surface area contributed by atoms with Crippen molar-refractivity contribution in [3.8, 4) is 0 Å². The van der Waals surface area contributed by atoms with Crippen molar-refractivity contribution < 1.29 is 9.84 Å². The molecule has 0 unspecified atom stereocenters. The van der Waals surface area contributed by atoms with Gasteiger partial charge in [0.05, 0.1) is 18.8 Å². The molecule has 0 fully saturated rings. The van der Waals surface area contributed by atoms with Gasteiger partial charge in [-0.05, 0) is 14.0 Å². The summed E-state index contributed by atoms with van der Waals surface area (Å²) < 4.78 is 4.87. The highest BCUT2D eigenvalue weighted by Gasteiger charge is 2.19. The summed E-state index contributed by atoms with van der Waals surface area (Å²) in [7, 11) is 3.42. The largest absolute Gasteiger partial charge is 0.394 e. The number of hydrogen-bond donors (Lipinski definition) is 2. The quantitative estimate of drug-likeness (QED) is 0.548. The molecule has 3 heteroatoms. The highest BCUT2D eigenvalue weighted by atomic mass is 16.5. The second-order valence-electron chi connectivity index (χ2n) is 2.40. The average Bonchev–Trinajstić information content (AvgIpc) is 1.89. The summed E-state index contributed by atoms with van der Waals surface area (Å²) >= 11 is 0. The van der Waals surface area contributed by atoms with Crippen molar-refractivity contribution >= 4 is 0 Å². The number of rotatable bonds is 4. The number of aliphatic hydroxyl groups excluding tert-OH is 1. The lowest BCUT2D eigenvalue weighted by Gasteiger charge is -2.25. The van der Waals surface area contributed by atoms with Crippen LogP contribution in [0.25, 0.3) is 0 Å². The van der Waals surface area contributed by atoms with E-state index in [1.165, 1.54) is 0 Å². The van der Waals surface area contributed by atoms with Crippen LogP contribution in [0.1, 0.15) is 6.92 Å². The summed E-state index contributed by atoms with van der Waals surface area (Å²) in [6.07, 6.45) is 0. The molecule has 0 aromatic carbocycles. The molecule has 0 aliphatic rings.